The Balaban J connectivity index is 1.57. The summed E-state index contributed by atoms with van der Waals surface area (Å²) < 4.78 is 0. The van der Waals surface area contributed by atoms with Crippen LogP contribution in [0.15, 0.2) is 29.2 Å². The molecule has 0 bridgehead atoms. The van der Waals surface area contributed by atoms with Gasteiger partial charge in [0.1, 0.15) is 0 Å². The predicted octanol–water partition coefficient (Wildman–Crippen LogP) is 4.23. The minimum atomic E-state index is -0.161. The highest BCUT2D eigenvalue weighted by Gasteiger charge is 2.44. The average molecular weight is 283 g/mol. The van der Waals surface area contributed by atoms with E-state index >= 15 is 0 Å². The van der Waals surface area contributed by atoms with Gasteiger partial charge in [0, 0.05) is 10.6 Å². The second kappa shape index (κ2) is 5.44. The fraction of sp³-hybridized carbons (Fsp3) is 0.600. The van der Waals surface area contributed by atoms with Gasteiger partial charge in [-0.15, -0.1) is 11.8 Å². The molecule has 2 aliphatic carbocycles. The van der Waals surface area contributed by atoms with Gasteiger partial charge in [-0.25, -0.2) is 0 Å². The lowest BCUT2D eigenvalue weighted by Gasteiger charge is -2.22. The highest BCUT2D eigenvalue weighted by molar-refractivity contribution is 7.99. The van der Waals surface area contributed by atoms with Crippen LogP contribution in [0.25, 0.3) is 0 Å². The van der Waals surface area contributed by atoms with Gasteiger partial charge >= 0.3 is 0 Å². The summed E-state index contributed by atoms with van der Waals surface area (Å²) in [4.78, 5) is 1.09. The van der Waals surface area contributed by atoms with Crippen LogP contribution in [0.4, 0.5) is 0 Å². The van der Waals surface area contributed by atoms with Crippen molar-refractivity contribution in [2.45, 2.75) is 36.7 Å². The molecule has 1 unspecified atom stereocenters. The van der Waals surface area contributed by atoms with Gasteiger partial charge in [-0.2, -0.15) is 0 Å². The zero-order valence-corrected chi connectivity index (χ0v) is 12.0. The summed E-state index contributed by atoms with van der Waals surface area (Å²) in [5, 5.41) is 11.2. The highest BCUT2D eigenvalue weighted by atomic mass is 35.5. The fourth-order valence-corrected chi connectivity index (χ4v) is 4.08. The Bertz CT molecular complexity index is 403. The van der Waals surface area contributed by atoms with Crippen molar-refractivity contribution < 1.29 is 5.11 Å². The molecule has 0 heterocycles. The molecule has 0 aliphatic heterocycles. The monoisotopic (exact) mass is 282 g/mol. The molecule has 0 radical (unpaired) electrons. The van der Waals surface area contributed by atoms with Gasteiger partial charge < -0.3 is 5.11 Å². The molecule has 2 aliphatic rings. The quantitative estimate of drug-likeness (QED) is 0.788. The van der Waals surface area contributed by atoms with E-state index in [-0.39, 0.29) is 6.10 Å². The van der Waals surface area contributed by atoms with Crippen LogP contribution >= 0.6 is 23.4 Å². The van der Waals surface area contributed by atoms with Crippen LogP contribution in [0.5, 0.6) is 0 Å². The van der Waals surface area contributed by atoms with Crippen molar-refractivity contribution in [2.24, 2.45) is 17.8 Å². The first-order valence-electron chi connectivity index (χ1n) is 6.81. The van der Waals surface area contributed by atoms with Crippen LogP contribution in [0.1, 0.15) is 25.7 Å². The van der Waals surface area contributed by atoms with Crippen molar-refractivity contribution in [3.05, 3.63) is 29.3 Å². The van der Waals surface area contributed by atoms with Gasteiger partial charge in [0.05, 0.1) is 11.1 Å². The van der Waals surface area contributed by atoms with E-state index in [1.807, 2.05) is 24.3 Å². The smallest absolute Gasteiger partial charge is 0.0667 e. The van der Waals surface area contributed by atoms with E-state index in [0.717, 1.165) is 27.5 Å². The molecule has 0 saturated heterocycles. The van der Waals surface area contributed by atoms with E-state index in [1.54, 1.807) is 11.8 Å². The van der Waals surface area contributed by atoms with Crippen LogP contribution in [-0.4, -0.2) is 17.0 Å². The molecule has 98 valence electrons. The maximum atomic E-state index is 10.4. The van der Waals surface area contributed by atoms with Crippen molar-refractivity contribution in [2.75, 3.05) is 5.75 Å². The Hall–Kier alpha value is -0.180. The van der Waals surface area contributed by atoms with Crippen LogP contribution < -0.4 is 0 Å². The molecule has 0 spiro atoms. The minimum absolute atomic E-state index is 0.161. The number of hydrogen-bond donors (Lipinski definition) is 1. The molecule has 1 aromatic carbocycles. The summed E-state index contributed by atoms with van der Waals surface area (Å²) in [6.07, 6.45) is 5.15. The molecule has 3 heteroatoms. The van der Waals surface area contributed by atoms with Gasteiger partial charge in [-0.3, -0.25) is 0 Å². The Morgan fingerprint density at radius 3 is 2.33 bits per heavy atom. The summed E-state index contributed by atoms with van der Waals surface area (Å²) in [6.45, 7) is 0. The Morgan fingerprint density at radius 2 is 1.78 bits per heavy atom. The van der Waals surface area contributed by atoms with E-state index < -0.39 is 0 Å². The molecule has 2 saturated carbocycles. The lowest BCUT2D eigenvalue weighted by Crippen LogP contribution is -2.26. The number of thioether (sulfide) groups is 1. The molecule has 1 nitrogen and oxygen atoms in total. The van der Waals surface area contributed by atoms with Crippen LogP contribution in [0, 0.1) is 17.8 Å². The van der Waals surface area contributed by atoms with Crippen molar-refractivity contribution in [1.29, 1.82) is 0 Å². The lowest BCUT2D eigenvalue weighted by molar-refractivity contribution is 0.103. The first-order valence-corrected chi connectivity index (χ1v) is 8.17. The second-order valence-electron chi connectivity index (χ2n) is 5.56. The standard InChI is InChI=1S/C15H19ClOS/c16-12-3-1-2-4-14(12)18-9-13(17)15(10-5-6-10)11-7-8-11/h1-4,10-11,13,15,17H,5-9H2. The van der Waals surface area contributed by atoms with E-state index in [4.69, 9.17) is 11.6 Å². The van der Waals surface area contributed by atoms with Gasteiger partial charge in [0.25, 0.3) is 0 Å². The molecule has 3 rings (SSSR count). The second-order valence-corrected chi connectivity index (χ2v) is 7.03. The topological polar surface area (TPSA) is 20.2 Å². The van der Waals surface area contributed by atoms with E-state index in [9.17, 15) is 5.11 Å². The largest absolute Gasteiger partial charge is 0.392 e. The van der Waals surface area contributed by atoms with Gasteiger partial charge in [-0.05, 0) is 55.6 Å². The molecular weight excluding hydrogens is 264 g/mol. The summed E-state index contributed by atoms with van der Waals surface area (Å²) in [6, 6.07) is 7.89. The predicted molar refractivity (Wildman–Crippen MR) is 77.1 cm³/mol. The molecule has 0 aromatic heterocycles. The van der Waals surface area contributed by atoms with Crippen molar-refractivity contribution in [3.63, 3.8) is 0 Å². The van der Waals surface area contributed by atoms with Gasteiger partial charge in [-0.1, -0.05) is 23.7 Å². The Labute approximate surface area is 118 Å². The third kappa shape index (κ3) is 3.04. The first-order chi connectivity index (χ1) is 8.75. The summed E-state index contributed by atoms with van der Waals surface area (Å²) in [7, 11) is 0. The number of hydrogen-bond acceptors (Lipinski definition) is 2. The third-order valence-electron chi connectivity index (χ3n) is 4.02. The highest BCUT2D eigenvalue weighted by Crippen LogP contribution is 2.51. The first kappa shape index (κ1) is 12.8. The zero-order valence-electron chi connectivity index (χ0n) is 10.4. The third-order valence-corrected chi connectivity index (χ3v) is 5.64. The van der Waals surface area contributed by atoms with Crippen molar-refractivity contribution in [1.82, 2.24) is 0 Å². The summed E-state index contributed by atoms with van der Waals surface area (Å²) in [5.74, 6) is 2.94. The van der Waals surface area contributed by atoms with Crippen LogP contribution in [-0.2, 0) is 0 Å². The lowest BCUT2D eigenvalue weighted by atomic mass is 9.92. The fourth-order valence-electron chi connectivity index (χ4n) is 2.82. The van der Waals surface area contributed by atoms with Crippen LogP contribution in [0.3, 0.4) is 0 Å². The van der Waals surface area contributed by atoms with E-state index in [2.05, 4.69) is 0 Å². The number of rotatable bonds is 6. The molecule has 1 N–H and O–H groups in total. The number of benzene rings is 1. The molecule has 18 heavy (non-hydrogen) atoms. The normalized spacial score (nSPS) is 21.3. The summed E-state index contributed by atoms with van der Waals surface area (Å²) >= 11 is 7.83. The number of aliphatic hydroxyl groups excluding tert-OH is 1. The molecule has 1 atom stereocenters. The van der Waals surface area contributed by atoms with Crippen molar-refractivity contribution >= 4 is 23.4 Å². The van der Waals surface area contributed by atoms with Crippen molar-refractivity contribution in [3.8, 4) is 0 Å². The van der Waals surface area contributed by atoms with Crippen LogP contribution in [0.2, 0.25) is 5.02 Å². The minimum Gasteiger partial charge on any atom is -0.392 e. The van der Waals surface area contributed by atoms with E-state index in [1.165, 1.54) is 25.7 Å². The SMILES string of the molecule is OC(CSc1ccccc1Cl)C(C1CC1)C1CC1. The molecule has 2 fully saturated rings. The maximum absolute atomic E-state index is 10.4. The molecule has 1 aromatic rings. The summed E-state index contributed by atoms with van der Waals surface area (Å²) in [5.41, 5.74) is 0. The maximum Gasteiger partial charge on any atom is 0.0667 e. The van der Waals surface area contributed by atoms with Gasteiger partial charge in [0.15, 0.2) is 0 Å². The Morgan fingerprint density at radius 1 is 1.17 bits per heavy atom. The number of halogens is 1. The number of aliphatic hydroxyl groups is 1. The molecular formula is C15H19ClOS. The zero-order chi connectivity index (χ0) is 12.5. The van der Waals surface area contributed by atoms with Gasteiger partial charge in [0.2, 0.25) is 0 Å². The molecule has 0 amide bonds. The Kier molecular flexibility index (Phi) is 3.88. The van der Waals surface area contributed by atoms with E-state index in [0.29, 0.717) is 5.92 Å². The average Bonchev–Trinajstić information content (AvgIpc) is 3.22.